The van der Waals surface area contributed by atoms with Crippen molar-refractivity contribution in [1.82, 2.24) is 5.32 Å². The monoisotopic (exact) mass is 209 g/mol. The summed E-state index contributed by atoms with van der Waals surface area (Å²) in [5, 5.41) is 3.30. The van der Waals surface area contributed by atoms with Gasteiger partial charge < -0.3 is 10.1 Å². The molecule has 1 rings (SSSR count). The highest BCUT2D eigenvalue weighted by Crippen LogP contribution is 2.02. The highest BCUT2D eigenvalue weighted by Gasteiger charge is 1.91. The van der Waals surface area contributed by atoms with Crippen molar-refractivity contribution in [3.8, 4) is 0 Å². The van der Waals surface area contributed by atoms with Gasteiger partial charge in [0.25, 0.3) is 0 Å². The fourth-order valence-electron chi connectivity index (χ4n) is 1.23. The van der Waals surface area contributed by atoms with Gasteiger partial charge in [0.05, 0.1) is 6.61 Å². The Hall–Kier alpha value is -0.860. The molecule has 0 aliphatic heterocycles. The standard InChI is InChI=1S/C11H17NO.C2H6/c1-10-4-3-5-11(8-10)9-12-6-7-13-2;1-2/h3-5,8,12H,6-7,9H2,1-2H3;1-2H3. The molecule has 0 heterocycles. The molecular formula is C13H23NO. The second-order valence-electron chi connectivity index (χ2n) is 3.16. The second-order valence-corrected chi connectivity index (χ2v) is 3.16. The highest BCUT2D eigenvalue weighted by atomic mass is 16.5. The predicted molar refractivity (Wildman–Crippen MR) is 66.1 cm³/mol. The van der Waals surface area contributed by atoms with Crippen LogP contribution in [0.3, 0.4) is 0 Å². The van der Waals surface area contributed by atoms with Crippen molar-refractivity contribution in [3.05, 3.63) is 35.4 Å². The van der Waals surface area contributed by atoms with Crippen molar-refractivity contribution in [2.75, 3.05) is 20.3 Å². The lowest BCUT2D eigenvalue weighted by Gasteiger charge is -2.04. The van der Waals surface area contributed by atoms with Gasteiger partial charge in [-0.1, -0.05) is 43.7 Å². The van der Waals surface area contributed by atoms with E-state index in [-0.39, 0.29) is 0 Å². The maximum absolute atomic E-state index is 4.94. The van der Waals surface area contributed by atoms with E-state index in [0.29, 0.717) is 0 Å². The van der Waals surface area contributed by atoms with Crippen LogP contribution in [0.2, 0.25) is 0 Å². The molecule has 0 atom stereocenters. The van der Waals surface area contributed by atoms with Crippen LogP contribution in [0.5, 0.6) is 0 Å². The zero-order chi connectivity index (χ0) is 11.5. The minimum atomic E-state index is 0.770. The summed E-state index contributed by atoms with van der Waals surface area (Å²) >= 11 is 0. The van der Waals surface area contributed by atoms with Crippen LogP contribution in [0, 0.1) is 6.92 Å². The van der Waals surface area contributed by atoms with Crippen molar-refractivity contribution in [1.29, 1.82) is 0 Å². The van der Waals surface area contributed by atoms with E-state index < -0.39 is 0 Å². The molecular weight excluding hydrogens is 186 g/mol. The van der Waals surface area contributed by atoms with Gasteiger partial charge in [0.2, 0.25) is 0 Å². The predicted octanol–water partition coefficient (Wildman–Crippen LogP) is 2.76. The topological polar surface area (TPSA) is 21.3 Å². The van der Waals surface area contributed by atoms with Crippen LogP contribution in [-0.4, -0.2) is 20.3 Å². The van der Waals surface area contributed by atoms with E-state index in [0.717, 1.165) is 19.7 Å². The Balaban J connectivity index is 0.000000921. The smallest absolute Gasteiger partial charge is 0.0587 e. The third-order valence-corrected chi connectivity index (χ3v) is 1.89. The zero-order valence-electron chi connectivity index (χ0n) is 10.3. The van der Waals surface area contributed by atoms with Crippen molar-refractivity contribution in [2.45, 2.75) is 27.3 Å². The lowest BCUT2D eigenvalue weighted by molar-refractivity contribution is 0.199. The summed E-state index contributed by atoms with van der Waals surface area (Å²) in [5.74, 6) is 0. The first-order valence-electron chi connectivity index (χ1n) is 5.58. The van der Waals surface area contributed by atoms with Crippen molar-refractivity contribution in [2.24, 2.45) is 0 Å². The summed E-state index contributed by atoms with van der Waals surface area (Å²) in [4.78, 5) is 0. The molecule has 0 fully saturated rings. The van der Waals surface area contributed by atoms with E-state index in [9.17, 15) is 0 Å². The van der Waals surface area contributed by atoms with Crippen molar-refractivity contribution in [3.63, 3.8) is 0 Å². The van der Waals surface area contributed by atoms with E-state index in [1.165, 1.54) is 11.1 Å². The van der Waals surface area contributed by atoms with E-state index in [1.54, 1.807) is 7.11 Å². The van der Waals surface area contributed by atoms with E-state index in [1.807, 2.05) is 13.8 Å². The van der Waals surface area contributed by atoms with E-state index in [4.69, 9.17) is 4.74 Å². The maximum Gasteiger partial charge on any atom is 0.0587 e. The Kier molecular flexibility index (Phi) is 9.13. The molecule has 86 valence electrons. The first kappa shape index (κ1) is 14.1. The molecule has 0 radical (unpaired) electrons. The molecule has 2 heteroatoms. The largest absolute Gasteiger partial charge is 0.383 e. The van der Waals surface area contributed by atoms with Gasteiger partial charge in [-0.3, -0.25) is 0 Å². The van der Waals surface area contributed by atoms with Gasteiger partial charge in [-0.15, -0.1) is 0 Å². The normalized spacial score (nSPS) is 9.33. The quantitative estimate of drug-likeness (QED) is 0.753. The van der Waals surface area contributed by atoms with Crippen LogP contribution < -0.4 is 5.32 Å². The number of aryl methyl sites for hydroxylation is 1. The first-order chi connectivity index (χ1) is 7.33. The molecule has 0 aliphatic carbocycles. The minimum absolute atomic E-state index is 0.770. The molecule has 0 saturated carbocycles. The minimum Gasteiger partial charge on any atom is -0.383 e. The van der Waals surface area contributed by atoms with Gasteiger partial charge in [-0.2, -0.15) is 0 Å². The summed E-state index contributed by atoms with van der Waals surface area (Å²) < 4.78 is 4.94. The van der Waals surface area contributed by atoms with Gasteiger partial charge in [-0.25, -0.2) is 0 Å². The van der Waals surface area contributed by atoms with Crippen LogP contribution in [0.1, 0.15) is 25.0 Å². The molecule has 0 saturated heterocycles. The van der Waals surface area contributed by atoms with Gasteiger partial charge in [-0.05, 0) is 12.5 Å². The molecule has 1 aromatic rings. The second kappa shape index (κ2) is 9.69. The number of benzene rings is 1. The SMILES string of the molecule is CC.COCCNCc1cccc(C)c1. The Bertz CT molecular complexity index is 248. The highest BCUT2D eigenvalue weighted by molar-refractivity contribution is 5.21. The summed E-state index contributed by atoms with van der Waals surface area (Å²) in [7, 11) is 1.72. The van der Waals surface area contributed by atoms with Crippen molar-refractivity contribution < 1.29 is 4.74 Å². The van der Waals surface area contributed by atoms with Crippen LogP contribution >= 0.6 is 0 Å². The molecule has 0 bridgehead atoms. The summed E-state index contributed by atoms with van der Waals surface area (Å²) in [6, 6.07) is 8.52. The number of methoxy groups -OCH3 is 1. The fourth-order valence-corrected chi connectivity index (χ4v) is 1.23. The summed E-state index contributed by atoms with van der Waals surface area (Å²) in [6.45, 7) is 8.71. The number of rotatable bonds is 5. The van der Waals surface area contributed by atoms with Gasteiger partial charge in [0, 0.05) is 20.2 Å². The molecule has 0 aliphatic rings. The maximum atomic E-state index is 4.94. The number of hydrogen-bond acceptors (Lipinski definition) is 2. The molecule has 15 heavy (non-hydrogen) atoms. The van der Waals surface area contributed by atoms with Crippen LogP contribution in [0.15, 0.2) is 24.3 Å². The Morgan fingerprint density at radius 3 is 2.60 bits per heavy atom. The van der Waals surface area contributed by atoms with Crippen LogP contribution in [0.25, 0.3) is 0 Å². The third kappa shape index (κ3) is 7.11. The fraction of sp³-hybridized carbons (Fsp3) is 0.538. The van der Waals surface area contributed by atoms with Gasteiger partial charge >= 0.3 is 0 Å². The average molecular weight is 209 g/mol. The van der Waals surface area contributed by atoms with Gasteiger partial charge in [0.1, 0.15) is 0 Å². The van der Waals surface area contributed by atoms with E-state index in [2.05, 4.69) is 36.5 Å². The van der Waals surface area contributed by atoms with Gasteiger partial charge in [0.15, 0.2) is 0 Å². The van der Waals surface area contributed by atoms with Crippen LogP contribution in [0.4, 0.5) is 0 Å². The molecule has 1 N–H and O–H groups in total. The lowest BCUT2D eigenvalue weighted by Crippen LogP contribution is -2.18. The Morgan fingerprint density at radius 2 is 2.00 bits per heavy atom. The molecule has 0 unspecified atom stereocenters. The zero-order valence-corrected chi connectivity index (χ0v) is 10.3. The van der Waals surface area contributed by atoms with E-state index >= 15 is 0 Å². The molecule has 2 nitrogen and oxygen atoms in total. The lowest BCUT2D eigenvalue weighted by atomic mass is 10.1. The number of hydrogen-bond donors (Lipinski definition) is 1. The first-order valence-corrected chi connectivity index (χ1v) is 5.58. The van der Waals surface area contributed by atoms with Crippen LogP contribution in [-0.2, 0) is 11.3 Å². The number of ether oxygens (including phenoxy) is 1. The summed E-state index contributed by atoms with van der Waals surface area (Å²) in [5.41, 5.74) is 2.64. The van der Waals surface area contributed by atoms with Crippen molar-refractivity contribution >= 4 is 0 Å². The molecule has 0 aromatic heterocycles. The summed E-state index contributed by atoms with van der Waals surface area (Å²) in [6.07, 6.45) is 0. The molecule has 0 amide bonds. The molecule has 0 spiro atoms. The Morgan fingerprint density at radius 1 is 1.27 bits per heavy atom. The number of nitrogens with one attached hydrogen (secondary N) is 1. The average Bonchev–Trinajstić information content (AvgIpc) is 2.27. The molecule has 1 aromatic carbocycles. The Labute approximate surface area is 93.7 Å². The third-order valence-electron chi connectivity index (χ3n) is 1.89.